The molecular formula is C12H20N4. The SMILES string of the molecule is CC(C)N(CCN)c1ncnc2c1CCC2. The van der Waals surface area contributed by atoms with Gasteiger partial charge in [0.1, 0.15) is 12.1 Å². The van der Waals surface area contributed by atoms with Gasteiger partial charge in [-0.25, -0.2) is 9.97 Å². The molecule has 4 heteroatoms. The summed E-state index contributed by atoms with van der Waals surface area (Å²) in [4.78, 5) is 11.1. The molecule has 0 amide bonds. The smallest absolute Gasteiger partial charge is 0.135 e. The van der Waals surface area contributed by atoms with Crippen LogP contribution >= 0.6 is 0 Å². The summed E-state index contributed by atoms with van der Waals surface area (Å²) in [6.45, 7) is 5.89. The molecule has 2 N–H and O–H groups in total. The van der Waals surface area contributed by atoms with Crippen molar-refractivity contribution in [3.63, 3.8) is 0 Å². The summed E-state index contributed by atoms with van der Waals surface area (Å²) < 4.78 is 0. The van der Waals surface area contributed by atoms with Crippen LogP contribution in [0, 0.1) is 0 Å². The third-order valence-electron chi connectivity index (χ3n) is 3.12. The Balaban J connectivity index is 2.34. The summed E-state index contributed by atoms with van der Waals surface area (Å²) >= 11 is 0. The van der Waals surface area contributed by atoms with Crippen LogP contribution in [0.1, 0.15) is 31.5 Å². The summed E-state index contributed by atoms with van der Waals surface area (Å²) in [6, 6.07) is 0.433. The van der Waals surface area contributed by atoms with E-state index in [-0.39, 0.29) is 0 Å². The van der Waals surface area contributed by atoms with Gasteiger partial charge in [0.15, 0.2) is 0 Å². The van der Waals surface area contributed by atoms with Crippen molar-refractivity contribution in [1.29, 1.82) is 0 Å². The van der Waals surface area contributed by atoms with E-state index in [0.717, 1.165) is 25.2 Å². The van der Waals surface area contributed by atoms with Gasteiger partial charge >= 0.3 is 0 Å². The van der Waals surface area contributed by atoms with Crippen LogP contribution in [0.4, 0.5) is 5.82 Å². The normalized spacial score (nSPS) is 14.2. The number of fused-ring (bicyclic) bond motifs is 1. The maximum absolute atomic E-state index is 5.66. The first-order valence-electron chi connectivity index (χ1n) is 6.03. The Hall–Kier alpha value is -1.16. The fraction of sp³-hybridized carbons (Fsp3) is 0.667. The van der Waals surface area contributed by atoms with Gasteiger partial charge in [-0.3, -0.25) is 0 Å². The number of anilines is 1. The van der Waals surface area contributed by atoms with Crippen molar-refractivity contribution in [2.45, 2.75) is 39.2 Å². The standard InChI is InChI=1S/C12H20N4/c1-9(2)16(7-6-13)12-10-4-3-5-11(10)14-8-15-12/h8-9H,3-7,13H2,1-2H3. The highest BCUT2D eigenvalue weighted by Crippen LogP contribution is 2.28. The molecule has 0 unspecified atom stereocenters. The van der Waals surface area contributed by atoms with E-state index < -0.39 is 0 Å². The van der Waals surface area contributed by atoms with E-state index in [2.05, 4.69) is 28.7 Å². The number of rotatable bonds is 4. The summed E-state index contributed by atoms with van der Waals surface area (Å²) in [5.74, 6) is 1.10. The highest BCUT2D eigenvalue weighted by molar-refractivity contribution is 5.51. The molecule has 0 saturated carbocycles. The largest absolute Gasteiger partial charge is 0.353 e. The molecule has 1 aliphatic rings. The fourth-order valence-electron chi connectivity index (χ4n) is 2.34. The summed E-state index contributed by atoms with van der Waals surface area (Å²) in [7, 11) is 0. The lowest BCUT2D eigenvalue weighted by atomic mass is 10.2. The minimum atomic E-state index is 0.433. The van der Waals surface area contributed by atoms with E-state index >= 15 is 0 Å². The summed E-state index contributed by atoms with van der Waals surface area (Å²) in [6.07, 6.45) is 5.10. The molecule has 0 spiro atoms. The van der Waals surface area contributed by atoms with Crippen molar-refractivity contribution in [1.82, 2.24) is 9.97 Å². The second kappa shape index (κ2) is 4.78. The maximum atomic E-state index is 5.66. The van der Waals surface area contributed by atoms with E-state index in [9.17, 15) is 0 Å². The highest BCUT2D eigenvalue weighted by atomic mass is 15.2. The van der Waals surface area contributed by atoms with Crippen LogP contribution in [-0.4, -0.2) is 29.1 Å². The molecule has 1 heterocycles. The van der Waals surface area contributed by atoms with Crippen LogP contribution in [0.3, 0.4) is 0 Å². The molecule has 0 saturated heterocycles. The van der Waals surface area contributed by atoms with Crippen molar-refractivity contribution < 1.29 is 0 Å². The second-order valence-corrected chi connectivity index (χ2v) is 4.55. The molecule has 0 bridgehead atoms. The lowest BCUT2D eigenvalue weighted by Crippen LogP contribution is -2.36. The first-order valence-corrected chi connectivity index (χ1v) is 6.03. The lowest BCUT2D eigenvalue weighted by Gasteiger charge is -2.28. The van der Waals surface area contributed by atoms with Crippen LogP contribution in [0.2, 0.25) is 0 Å². The van der Waals surface area contributed by atoms with Crippen molar-refractivity contribution in [3.8, 4) is 0 Å². The van der Waals surface area contributed by atoms with Gasteiger partial charge in [-0.05, 0) is 33.1 Å². The van der Waals surface area contributed by atoms with Gasteiger partial charge in [0.25, 0.3) is 0 Å². The van der Waals surface area contributed by atoms with E-state index in [0.29, 0.717) is 12.6 Å². The summed E-state index contributed by atoms with van der Waals surface area (Å²) in [5.41, 5.74) is 8.23. The number of nitrogens with two attached hydrogens (primary N) is 1. The predicted octanol–water partition coefficient (Wildman–Crippen LogP) is 1.14. The van der Waals surface area contributed by atoms with Gasteiger partial charge in [-0.2, -0.15) is 0 Å². The zero-order valence-electron chi connectivity index (χ0n) is 10.1. The number of nitrogens with zero attached hydrogens (tertiary/aromatic N) is 3. The van der Waals surface area contributed by atoms with Gasteiger partial charge in [-0.15, -0.1) is 0 Å². The topological polar surface area (TPSA) is 55.0 Å². The van der Waals surface area contributed by atoms with Crippen LogP contribution in [0.5, 0.6) is 0 Å². The Morgan fingerprint density at radius 2 is 2.19 bits per heavy atom. The lowest BCUT2D eigenvalue weighted by molar-refractivity contribution is 0.669. The number of hydrogen-bond acceptors (Lipinski definition) is 4. The second-order valence-electron chi connectivity index (χ2n) is 4.55. The van der Waals surface area contributed by atoms with Crippen LogP contribution in [0.25, 0.3) is 0 Å². The fourth-order valence-corrected chi connectivity index (χ4v) is 2.34. The quantitative estimate of drug-likeness (QED) is 0.826. The zero-order valence-corrected chi connectivity index (χ0v) is 10.1. The summed E-state index contributed by atoms with van der Waals surface area (Å²) in [5, 5.41) is 0. The van der Waals surface area contributed by atoms with Gasteiger partial charge < -0.3 is 10.6 Å². The third-order valence-corrected chi connectivity index (χ3v) is 3.12. The van der Waals surface area contributed by atoms with Crippen molar-refractivity contribution in [2.75, 3.05) is 18.0 Å². The van der Waals surface area contributed by atoms with Gasteiger partial charge in [0.2, 0.25) is 0 Å². The molecule has 88 valence electrons. The Morgan fingerprint density at radius 3 is 2.88 bits per heavy atom. The van der Waals surface area contributed by atoms with Crippen LogP contribution in [-0.2, 0) is 12.8 Å². The van der Waals surface area contributed by atoms with E-state index in [1.165, 1.54) is 17.7 Å². The Morgan fingerprint density at radius 1 is 1.38 bits per heavy atom. The monoisotopic (exact) mass is 220 g/mol. The Kier molecular flexibility index (Phi) is 3.39. The maximum Gasteiger partial charge on any atom is 0.135 e. The molecule has 1 aliphatic carbocycles. The molecule has 0 radical (unpaired) electrons. The number of hydrogen-bond donors (Lipinski definition) is 1. The van der Waals surface area contributed by atoms with Crippen LogP contribution < -0.4 is 10.6 Å². The minimum Gasteiger partial charge on any atom is -0.353 e. The van der Waals surface area contributed by atoms with Gasteiger partial charge in [0.05, 0.1) is 0 Å². The highest BCUT2D eigenvalue weighted by Gasteiger charge is 2.21. The average Bonchev–Trinajstić information content (AvgIpc) is 2.73. The number of aromatic nitrogens is 2. The first kappa shape index (κ1) is 11.3. The van der Waals surface area contributed by atoms with E-state index in [1.54, 1.807) is 6.33 Å². The zero-order chi connectivity index (χ0) is 11.5. The first-order chi connectivity index (χ1) is 7.74. The Labute approximate surface area is 96.9 Å². The molecule has 2 rings (SSSR count). The predicted molar refractivity (Wildman–Crippen MR) is 65.6 cm³/mol. The van der Waals surface area contributed by atoms with Gasteiger partial charge in [-0.1, -0.05) is 0 Å². The van der Waals surface area contributed by atoms with Crippen molar-refractivity contribution in [2.24, 2.45) is 5.73 Å². The van der Waals surface area contributed by atoms with Gasteiger partial charge in [0, 0.05) is 30.4 Å². The molecule has 1 aromatic heterocycles. The van der Waals surface area contributed by atoms with E-state index in [1.807, 2.05) is 0 Å². The van der Waals surface area contributed by atoms with Crippen molar-refractivity contribution in [3.05, 3.63) is 17.6 Å². The average molecular weight is 220 g/mol. The third kappa shape index (κ3) is 2.02. The Bertz CT molecular complexity index is 362. The molecule has 0 atom stereocenters. The molecule has 1 aromatic rings. The molecular weight excluding hydrogens is 200 g/mol. The van der Waals surface area contributed by atoms with E-state index in [4.69, 9.17) is 5.73 Å². The molecule has 0 fully saturated rings. The minimum absolute atomic E-state index is 0.433. The molecule has 4 nitrogen and oxygen atoms in total. The molecule has 0 aromatic carbocycles. The van der Waals surface area contributed by atoms with Crippen molar-refractivity contribution >= 4 is 5.82 Å². The molecule has 16 heavy (non-hydrogen) atoms. The molecule has 0 aliphatic heterocycles. The number of aryl methyl sites for hydroxylation is 1. The van der Waals surface area contributed by atoms with Crippen LogP contribution in [0.15, 0.2) is 6.33 Å².